The van der Waals surface area contributed by atoms with E-state index in [2.05, 4.69) is 4.98 Å². The summed E-state index contributed by atoms with van der Waals surface area (Å²) in [7, 11) is -3.80. The summed E-state index contributed by atoms with van der Waals surface area (Å²) in [5.74, 6) is 0.117. The molecule has 6 nitrogen and oxygen atoms in total. The first kappa shape index (κ1) is 22.8. The Bertz CT molecular complexity index is 1260. The van der Waals surface area contributed by atoms with E-state index in [0.717, 1.165) is 31.2 Å². The Morgan fingerprint density at radius 1 is 1.00 bits per heavy atom. The molecular weight excluding hydrogens is 453 g/mol. The lowest BCUT2D eigenvalue weighted by Gasteiger charge is -2.24. The Kier molecular flexibility index (Phi) is 6.25. The monoisotopic (exact) mass is 481 g/mol. The van der Waals surface area contributed by atoms with Crippen LogP contribution in [0.5, 0.6) is 0 Å². The fourth-order valence-corrected chi connectivity index (χ4v) is 5.69. The fourth-order valence-electron chi connectivity index (χ4n) is 4.19. The molecule has 8 heteroatoms. The van der Waals surface area contributed by atoms with Crippen LogP contribution in [0.3, 0.4) is 0 Å². The van der Waals surface area contributed by atoms with E-state index >= 15 is 0 Å². The quantitative estimate of drug-likeness (QED) is 0.435. The molecule has 3 aromatic rings. The minimum absolute atomic E-state index is 0.0269. The molecule has 34 heavy (non-hydrogen) atoms. The van der Waals surface area contributed by atoms with Crippen molar-refractivity contribution in [2.45, 2.75) is 49.7 Å². The fraction of sp³-hybridized carbons (Fsp3) is 0.385. The number of carbonyl (C=O) groups is 1. The van der Waals surface area contributed by atoms with E-state index in [0.29, 0.717) is 36.8 Å². The van der Waals surface area contributed by atoms with Crippen molar-refractivity contribution in [1.82, 2.24) is 14.5 Å². The lowest BCUT2D eigenvalue weighted by atomic mass is 10.2. The zero-order valence-corrected chi connectivity index (χ0v) is 19.8. The van der Waals surface area contributed by atoms with Gasteiger partial charge in [-0.3, -0.25) is 4.79 Å². The van der Waals surface area contributed by atoms with Crippen molar-refractivity contribution in [3.63, 3.8) is 0 Å². The summed E-state index contributed by atoms with van der Waals surface area (Å²) in [5, 5.41) is -0.0269. The highest BCUT2D eigenvalue weighted by molar-refractivity contribution is 7.90. The number of aromatic nitrogens is 2. The molecule has 0 radical (unpaired) electrons. The normalized spacial score (nSPS) is 15.9. The van der Waals surface area contributed by atoms with Crippen LogP contribution in [0.25, 0.3) is 0 Å². The summed E-state index contributed by atoms with van der Waals surface area (Å²) < 4.78 is 41.8. The van der Waals surface area contributed by atoms with Crippen molar-refractivity contribution in [3.05, 3.63) is 83.4 Å². The van der Waals surface area contributed by atoms with Crippen molar-refractivity contribution in [1.29, 1.82) is 0 Å². The molecule has 178 valence electrons. The largest absolute Gasteiger partial charge is 0.336 e. The number of hydrogen-bond acceptors (Lipinski definition) is 4. The van der Waals surface area contributed by atoms with Crippen molar-refractivity contribution >= 4 is 15.7 Å². The molecule has 0 unspecified atom stereocenters. The number of rotatable bonds is 10. The van der Waals surface area contributed by atoms with Gasteiger partial charge in [0.1, 0.15) is 5.82 Å². The number of hydrogen-bond donors (Lipinski definition) is 0. The van der Waals surface area contributed by atoms with E-state index in [4.69, 9.17) is 0 Å². The Hall–Kier alpha value is -3.00. The maximum Gasteiger partial charge on any atom is 0.228 e. The van der Waals surface area contributed by atoms with Crippen molar-refractivity contribution in [2.24, 2.45) is 11.8 Å². The maximum absolute atomic E-state index is 13.4. The summed E-state index contributed by atoms with van der Waals surface area (Å²) in [6.07, 6.45) is 5.71. The number of amides is 1. The maximum atomic E-state index is 13.4. The third-order valence-electron chi connectivity index (χ3n) is 6.40. The van der Waals surface area contributed by atoms with Gasteiger partial charge in [0, 0.05) is 12.5 Å². The molecule has 5 rings (SSSR count). The molecule has 0 aliphatic heterocycles. The van der Waals surface area contributed by atoms with Gasteiger partial charge in [-0.05, 0) is 54.9 Å². The van der Waals surface area contributed by atoms with E-state index in [-0.39, 0.29) is 22.7 Å². The van der Waals surface area contributed by atoms with Crippen molar-refractivity contribution in [2.75, 3.05) is 6.54 Å². The molecule has 0 saturated heterocycles. The van der Waals surface area contributed by atoms with Crippen LogP contribution in [0, 0.1) is 17.7 Å². The minimum atomic E-state index is -3.80. The second kappa shape index (κ2) is 9.33. The van der Waals surface area contributed by atoms with Gasteiger partial charge in [-0.1, -0.05) is 42.5 Å². The summed E-state index contributed by atoms with van der Waals surface area (Å²) in [6.45, 7) is 1.39. The first-order valence-corrected chi connectivity index (χ1v) is 13.4. The third-order valence-corrected chi connectivity index (χ3v) is 8.00. The first-order valence-electron chi connectivity index (χ1n) is 11.7. The van der Waals surface area contributed by atoms with Gasteiger partial charge >= 0.3 is 0 Å². The van der Waals surface area contributed by atoms with Crippen LogP contribution in [-0.4, -0.2) is 35.3 Å². The minimum Gasteiger partial charge on any atom is -0.336 e. The van der Waals surface area contributed by atoms with Gasteiger partial charge < -0.3 is 9.47 Å². The number of nitrogens with zero attached hydrogens (tertiary/aromatic N) is 3. The average Bonchev–Trinajstić information content (AvgIpc) is 3.75. The molecule has 1 heterocycles. The number of sulfone groups is 1. The molecule has 1 aromatic heterocycles. The molecule has 2 aliphatic rings. The second-order valence-electron chi connectivity index (χ2n) is 9.43. The lowest BCUT2D eigenvalue weighted by molar-refractivity contribution is -0.133. The molecule has 2 fully saturated rings. The molecule has 0 spiro atoms. The Morgan fingerprint density at radius 3 is 2.35 bits per heavy atom. The van der Waals surface area contributed by atoms with Crippen molar-refractivity contribution in [3.8, 4) is 0 Å². The Labute approximate surface area is 199 Å². The summed E-state index contributed by atoms with van der Waals surface area (Å²) >= 11 is 0. The highest BCUT2D eigenvalue weighted by atomic mass is 32.2. The van der Waals surface area contributed by atoms with Crippen LogP contribution in [0.2, 0.25) is 0 Å². The van der Waals surface area contributed by atoms with Gasteiger partial charge in [0.25, 0.3) is 0 Å². The van der Waals surface area contributed by atoms with Gasteiger partial charge in [0.05, 0.1) is 30.7 Å². The summed E-state index contributed by atoms with van der Waals surface area (Å²) in [4.78, 5) is 19.2. The zero-order chi connectivity index (χ0) is 23.7. The molecule has 2 aliphatic carbocycles. The van der Waals surface area contributed by atoms with E-state index in [1.807, 2.05) is 35.2 Å². The standard InChI is InChI=1S/C26H28FN3O3S/c27-23-12-8-21(9-13-23)18-34(32,33)26-28-14-24(30(26)16-19-4-2-1-3-5-19)17-29(15-20-6-7-20)25(31)22-10-11-22/h1-5,8-9,12-14,20,22H,6-7,10-11,15-18H2. The van der Waals surface area contributed by atoms with Gasteiger partial charge in [-0.25, -0.2) is 17.8 Å². The zero-order valence-electron chi connectivity index (χ0n) is 18.9. The van der Waals surface area contributed by atoms with Gasteiger partial charge in [-0.2, -0.15) is 0 Å². The predicted molar refractivity (Wildman–Crippen MR) is 126 cm³/mol. The number of benzene rings is 2. The number of imidazole rings is 1. The van der Waals surface area contributed by atoms with Crippen LogP contribution < -0.4 is 0 Å². The van der Waals surface area contributed by atoms with Crippen LogP contribution >= 0.6 is 0 Å². The van der Waals surface area contributed by atoms with Gasteiger partial charge in [0.2, 0.25) is 20.9 Å². The summed E-state index contributed by atoms with van der Waals surface area (Å²) in [5.41, 5.74) is 2.15. The van der Waals surface area contributed by atoms with Crippen LogP contribution in [0.4, 0.5) is 4.39 Å². The van der Waals surface area contributed by atoms with Gasteiger partial charge in [-0.15, -0.1) is 0 Å². The topological polar surface area (TPSA) is 72.3 Å². The molecule has 2 aromatic carbocycles. The van der Waals surface area contributed by atoms with Crippen LogP contribution in [0.1, 0.15) is 42.5 Å². The van der Waals surface area contributed by atoms with E-state index in [1.54, 1.807) is 10.8 Å². The highest BCUT2D eigenvalue weighted by Gasteiger charge is 2.36. The van der Waals surface area contributed by atoms with Gasteiger partial charge in [0.15, 0.2) is 0 Å². The Balaban J connectivity index is 1.47. The average molecular weight is 482 g/mol. The molecule has 2 saturated carbocycles. The number of halogens is 1. The SMILES string of the molecule is O=C(C1CC1)N(Cc1cnc(S(=O)(=O)Cc2ccc(F)cc2)n1Cc1ccccc1)CC1CC1. The van der Waals surface area contributed by atoms with E-state index in [9.17, 15) is 17.6 Å². The highest BCUT2D eigenvalue weighted by Crippen LogP contribution is 2.35. The molecule has 0 atom stereocenters. The second-order valence-corrected chi connectivity index (χ2v) is 11.3. The third kappa shape index (κ3) is 5.38. The molecule has 0 bridgehead atoms. The number of carbonyl (C=O) groups excluding carboxylic acids is 1. The lowest BCUT2D eigenvalue weighted by Crippen LogP contribution is -2.34. The predicted octanol–water partition coefficient (Wildman–Crippen LogP) is 4.19. The summed E-state index contributed by atoms with van der Waals surface area (Å²) in [6, 6.07) is 15.1. The van der Waals surface area contributed by atoms with E-state index in [1.165, 1.54) is 24.3 Å². The first-order chi connectivity index (χ1) is 16.4. The molecular formula is C26H28FN3O3S. The molecule has 0 N–H and O–H groups in total. The van der Waals surface area contributed by atoms with E-state index < -0.39 is 15.7 Å². The van der Waals surface area contributed by atoms with Crippen LogP contribution in [0.15, 0.2) is 66.0 Å². The van der Waals surface area contributed by atoms with Crippen molar-refractivity contribution < 1.29 is 17.6 Å². The van der Waals surface area contributed by atoms with Crippen LogP contribution in [-0.2, 0) is 33.5 Å². The Morgan fingerprint density at radius 2 is 1.71 bits per heavy atom. The smallest absolute Gasteiger partial charge is 0.228 e. The molecule has 1 amide bonds.